The zero-order chi connectivity index (χ0) is 30.2. The molecule has 1 atom stereocenters. The van der Waals surface area contributed by atoms with E-state index in [2.05, 4.69) is 25.3 Å². The molecule has 0 unspecified atom stereocenters. The predicted octanol–water partition coefficient (Wildman–Crippen LogP) is 4.90. The minimum Gasteiger partial charge on any atom is -0.465 e. The number of pyridine rings is 1. The summed E-state index contributed by atoms with van der Waals surface area (Å²) in [5.74, 6) is 1.06. The number of hydrogen-bond donors (Lipinski definition) is 2. The molecule has 0 bridgehead atoms. The highest BCUT2D eigenvalue weighted by atomic mass is 35.5. The number of fused-ring (bicyclic) bond motifs is 1. The van der Waals surface area contributed by atoms with E-state index in [0.717, 1.165) is 4.90 Å². The Labute approximate surface area is 258 Å². The van der Waals surface area contributed by atoms with E-state index >= 15 is 0 Å². The summed E-state index contributed by atoms with van der Waals surface area (Å²) in [7, 11) is 1.50. The smallest absolute Gasteiger partial charge is 0.411 e. The first-order valence-corrected chi connectivity index (χ1v) is 14.1. The molecule has 5 heterocycles. The van der Waals surface area contributed by atoms with Gasteiger partial charge < -0.3 is 14.8 Å². The van der Waals surface area contributed by atoms with E-state index in [1.54, 1.807) is 41.1 Å². The van der Waals surface area contributed by atoms with Gasteiger partial charge in [0.2, 0.25) is 0 Å². The minimum absolute atomic E-state index is 0.154. The summed E-state index contributed by atoms with van der Waals surface area (Å²) in [6, 6.07) is 9.45. The molecule has 0 aliphatic carbocycles. The molecule has 5 aromatic rings. The number of H-pyrrole nitrogens is 1. The lowest BCUT2D eigenvalue weighted by Crippen LogP contribution is -2.32. The lowest BCUT2D eigenvalue weighted by molar-refractivity contribution is 0.186. The van der Waals surface area contributed by atoms with Crippen LogP contribution in [0.4, 0.5) is 10.5 Å². The lowest BCUT2D eigenvalue weighted by Gasteiger charge is -2.18. The van der Waals surface area contributed by atoms with Crippen molar-refractivity contribution < 1.29 is 14.6 Å². The predicted molar refractivity (Wildman–Crippen MR) is 159 cm³/mol. The SMILES string of the molecule is COCCN(C(=O)O)c1ccc(-c2[nH]c([C@@H]3CCc4nc(-c5cc(Cl)ccc5-n5cc(Cl)nn5)cc(=O)n43)nc2Cl)nc1. The first-order chi connectivity index (χ1) is 20.7. The highest BCUT2D eigenvalue weighted by Gasteiger charge is 2.30. The number of nitrogens with zero attached hydrogens (tertiary/aromatic N) is 8. The van der Waals surface area contributed by atoms with E-state index in [1.807, 2.05) is 0 Å². The molecule has 0 saturated heterocycles. The Morgan fingerprint density at radius 1 is 1.16 bits per heavy atom. The van der Waals surface area contributed by atoms with Gasteiger partial charge >= 0.3 is 6.09 Å². The topological polar surface area (TPSA) is 157 Å². The van der Waals surface area contributed by atoms with E-state index < -0.39 is 12.1 Å². The van der Waals surface area contributed by atoms with Crippen LogP contribution in [-0.2, 0) is 11.2 Å². The molecule has 0 fully saturated rings. The molecule has 1 amide bonds. The third kappa shape index (κ3) is 5.59. The fraction of sp³-hybridized carbons (Fsp3) is 0.222. The summed E-state index contributed by atoms with van der Waals surface area (Å²) < 4.78 is 8.08. The number of imidazole rings is 1. The van der Waals surface area contributed by atoms with Crippen LogP contribution in [0.25, 0.3) is 28.3 Å². The number of methoxy groups -OCH3 is 1. The van der Waals surface area contributed by atoms with Crippen LogP contribution in [0.2, 0.25) is 15.3 Å². The third-order valence-electron chi connectivity index (χ3n) is 6.98. The fourth-order valence-corrected chi connectivity index (χ4v) is 5.56. The van der Waals surface area contributed by atoms with Gasteiger partial charge in [-0.3, -0.25) is 19.2 Å². The second-order valence-electron chi connectivity index (χ2n) is 9.58. The van der Waals surface area contributed by atoms with Crippen molar-refractivity contribution in [2.75, 3.05) is 25.2 Å². The average Bonchev–Trinajstić information content (AvgIpc) is 3.71. The number of anilines is 1. The van der Waals surface area contributed by atoms with Gasteiger partial charge in [0.05, 0.1) is 54.3 Å². The molecule has 6 rings (SSSR count). The van der Waals surface area contributed by atoms with Crippen LogP contribution in [-0.4, -0.2) is 71.0 Å². The van der Waals surface area contributed by atoms with Crippen LogP contribution in [0.15, 0.2) is 53.6 Å². The molecule has 0 saturated carbocycles. The van der Waals surface area contributed by atoms with Crippen molar-refractivity contribution in [1.29, 1.82) is 0 Å². The maximum atomic E-state index is 13.5. The molecule has 0 radical (unpaired) electrons. The number of carboxylic acid groups (broad SMARTS) is 1. The molecule has 2 N–H and O–H groups in total. The second-order valence-corrected chi connectivity index (χ2v) is 10.8. The molecular formula is C27H22Cl3N9O4. The Morgan fingerprint density at radius 3 is 2.70 bits per heavy atom. The molecule has 0 spiro atoms. The van der Waals surface area contributed by atoms with Crippen LogP contribution in [0.5, 0.6) is 0 Å². The van der Waals surface area contributed by atoms with Crippen molar-refractivity contribution >= 4 is 46.6 Å². The molecule has 4 aromatic heterocycles. The van der Waals surface area contributed by atoms with Crippen molar-refractivity contribution in [3.8, 4) is 28.3 Å². The number of amides is 1. The summed E-state index contributed by atoms with van der Waals surface area (Å²) in [6.45, 7) is 0.389. The molecule has 13 nitrogen and oxygen atoms in total. The maximum Gasteiger partial charge on any atom is 0.411 e. The molecule has 43 heavy (non-hydrogen) atoms. The second kappa shape index (κ2) is 11.8. The summed E-state index contributed by atoms with van der Waals surface area (Å²) in [5.41, 5.74) is 2.67. The number of aromatic amines is 1. The van der Waals surface area contributed by atoms with Crippen LogP contribution in [0, 0.1) is 0 Å². The third-order valence-corrected chi connectivity index (χ3v) is 7.67. The first-order valence-electron chi connectivity index (χ1n) is 13.0. The summed E-state index contributed by atoms with van der Waals surface area (Å²) in [5, 5.41) is 18.3. The number of benzene rings is 1. The van der Waals surface area contributed by atoms with Gasteiger partial charge in [0.1, 0.15) is 17.3 Å². The Bertz CT molecular complexity index is 1890. The number of aryl methyl sites for hydroxylation is 1. The van der Waals surface area contributed by atoms with Gasteiger partial charge in [0, 0.05) is 30.2 Å². The van der Waals surface area contributed by atoms with Gasteiger partial charge in [-0.05, 0) is 36.8 Å². The highest BCUT2D eigenvalue weighted by Crippen LogP contribution is 2.34. The first kappa shape index (κ1) is 28.8. The Kier molecular flexibility index (Phi) is 7.88. The van der Waals surface area contributed by atoms with Crippen LogP contribution in [0.3, 0.4) is 0 Å². The number of rotatable bonds is 8. The maximum absolute atomic E-state index is 13.5. The normalized spacial score (nSPS) is 14.2. The minimum atomic E-state index is -1.12. The molecule has 1 aromatic carbocycles. The number of hydrogen-bond acceptors (Lipinski definition) is 8. The van der Waals surface area contributed by atoms with Gasteiger partial charge in [0.25, 0.3) is 5.56 Å². The van der Waals surface area contributed by atoms with Gasteiger partial charge in [-0.15, -0.1) is 5.10 Å². The molecule has 1 aliphatic rings. The van der Waals surface area contributed by atoms with E-state index in [9.17, 15) is 14.7 Å². The van der Waals surface area contributed by atoms with Gasteiger partial charge in [-0.25, -0.2) is 19.4 Å². The van der Waals surface area contributed by atoms with Crippen molar-refractivity contribution in [3.63, 3.8) is 0 Å². The number of carbonyl (C=O) groups is 1. The number of nitrogens with one attached hydrogen (secondary N) is 1. The largest absolute Gasteiger partial charge is 0.465 e. The van der Waals surface area contributed by atoms with Crippen molar-refractivity contribution in [1.82, 2.24) is 39.5 Å². The quantitative estimate of drug-likeness (QED) is 0.240. The Balaban J connectivity index is 1.31. The van der Waals surface area contributed by atoms with Gasteiger partial charge in [-0.2, -0.15) is 0 Å². The summed E-state index contributed by atoms with van der Waals surface area (Å²) in [6.07, 6.45) is 2.95. The van der Waals surface area contributed by atoms with Crippen molar-refractivity contribution in [2.45, 2.75) is 18.9 Å². The van der Waals surface area contributed by atoms with Gasteiger partial charge in [0.15, 0.2) is 10.3 Å². The van der Waals surface area contributed by atoms with E-state index in [-0.39, 0.29) is 29.0 Å². The Hall–Kier alpha value is -4.30. The summed E-state index contributed by atoms with van der Waals surface area (Å²) >= 11 is 18.8. The number of ether oxygens (including phenoxy) is 1. The van der Waals surface area contributed by atoms with Gasteiger partial charge in [-0.1, -0.05) is 40.0 Å². The van der Waals surface area contributed by atoms with E-state index in [1.165, 1.54) is 24.1 Å². The highest BCUT2D eigenvalue weighted by molar-refractivity contribution is 6.32. The lowest BCUT2D eigenvalue weighted by atomic mass is 10.1. The van der Waals surface area contributed by atoms with Crippen molar-refractivity contribution in [3.05, 3.63) is 86.1 Å². The molecule has 220 valence electrons. The molecule has 16 heteroatoms. The summed E-state index contributed by atoms with van der Waals surface area (Å²) in [4.78, 5) is 43.2. The number of aromatic nitrogens is 8. The fourth-order valence-electron chi connectivity index (χ4n) is 5.02. The van der Waals surface area contributed by atoms with E-state index in [4.69, 9.17) is 44.5 Å². The number of halogens is 3. The molecular weight excluding hydrogens is 621 g/mol. The monoisotopic (exact) mass is 641 g/mol. The Morgan fingerprint density at radius 2 is 2.00 bits per heavy atom. The standard InChI is InChI=1S/C27H22Cl3N9O4/c1-43-9-8-37(27(41)42)15-3-4-17(31-12-15)24-25(30)34-26(33-24)20-6-7-22-32-18(11-23(40)39(20)22)16-10-14(28)2-5-19(16)38-13-21(29)35-36-38/h2-5,10-13,20H,6-9H2,1H3,(H,33,34)(H,41,42)/t20-/m0/s1. The zero-order valence-corrected chi connectivity index (χ0v) is 24.7. The average molecular weight is 643 g/mol. The van der Waals surface area contributed by atoms with Crippen LogP contribution < -0.4 is 10.5 Å². The molecule has 1 aliphatic heterocycles. The zero-order valence-electron chi connectivity index (χ0n) is 22.4. The van der Waals surface area contributed by atoms with Crippen molar-refractivity contribution in [2.24, 2.45) is 0 Å². The van der Waals surface area contributed by atoms with E-state index in [0.29, 0.717) is 63.5 Å². The van der Waals surface area contributed by atoms with Crippen LogP contribution in [0.1, 0.15) is 24.1 Å². The van der Waals surface area contributed by atoms with Crippen LogP contribution >= 0.6 is 34.8 Å².